The SMILES string of the molecule is CNC(=O)c1c(-c2ccc(C)cc2)oc2nc(N(CCCC3CCCC3C(O)O)S(C)(=O)=O)c(C)cc12. The number of carbonyl (C=O) groups is 1. The predicted molar refractivity (Wildman–Crippen MR) is 143 cm³/mol. The number of sulfonamides is 1. The molecule has 2 aromatic heterocycles. The number of aliphatic hydroxyl groups is 2. The van der Waals surface area contributed by atoms with E-state index in [4.69, 9.17) is 4.42 Å². The van der Waals surface area contributed by atoms with E-state index in [2.05, 4.69) is 10.3 Å². The fraction of sp³-hybridized carbons (Fsp3) is 0.481. The number of furan rings is 1. The van der Waals surface area contributed by atoms with E-state index in [-0.39, 0.29) is 35.8 Å². The minimum Gasteiger partial charge on any atom is -0.437 e. The van der Waals surface area contributed by atoms with Crippen LogP contribution in [0.5, 0.6) is 0 Å². The highest BCUT2D eigenvalue weighted by Crippen LogP contribution is 2.38. The van der Waals surface area contributed by atoms with Gasteiger partial charge < -0.3 is 19.9 Å². The fourth-order valence-corrected chi connectivity index (χ4v) is 6.33. The smallest absolute Gasteiger partial charge is 0.255 e. The Kier molecular flexibility index (Phi) is 7.91. The maximum absolute atomic E-state index is 12.8. The van der Waals surface area contributed by atoms with E-state index in [1.165, 1.54) is 4.31 Å². The lowest BCUT2D eigenvalue weighted by Gasteiger charge is -2.25. The van der Waals surface area contributed by atoms with E-state index in [0.717, 1.165) is 36.6 Å². The van der Waals surface area contributed by atoms with Gasteiger partial charge in [0.1, 0.15) is 11.6 Å². The molecule has 1 amide bonds. The van der Waals surface area contributed by atoms with Gasteiger partial charge in [-0.3, -0.25) is 9.10 Å². The van der Waals surface area contributed by atoms with Crippen LogP contribution in [-0.2, 0) is 10.0 Å². The summed E-state index contributed by atoms with van der Waals surface area (Å²) in [6, 6.07) is 9.34. The standard InChI is InChI=1S/C27H35N3O6S/c1-16-10-12-19(13-11-16)23-22(25(31)28-3)21-15-17(2)24(29-26(21)36-23)30(37(4,34)35)14-6-8-18-7-5-9-20(18)27(32)33/h10-13,15,18,20,27,32-33H,5-9,14H2,1-4H3,(H,28,31). The van der Waals surface area contributed by atoms with Crippen LogP contribution in [0.15, 0.2) is 34.7 Å². The van der Waals surface area contributed by atoms with Gasteiger partial charge in [0, 0.05) is 25.1 Å². The molecule has 0 radical (unpaired) electrons. The summed E-state index contributed by atoms with van der Waals surface area (Å²) in [5, 5.41) is 22.5. The highest BCUT2D eigenvalue weighted by molar-refractivity contribution is 7.92. The van der Waals surface area contributed by atoms with Gasteiger partial charge in [-0.25, -0.2) is 8.42 Å². The van der Waals surface area contributed by atoms with Crippen molar-refractivity contribution in [2.75, 3.05) is 24.2 Å². The molecule has 0 spiro atoms. The summed E-state index contributed by atoms with van der Waals surface area (Å²) in [6.07, 6.45) is 3.65. The van der Waals surface area contributed by atoms with Crippen LogP contribution in [0.1, 0.15) is 53.6 Å². The lowest BCUT2D eigenvalue weighted by Crippen LogP contribution is -2.33. The number of nitrogens with zero attached hydrogens (tertiary/aromatic N) is 2. The van der Waals surface area contributed by atoms with Gasteiger partial charge in [0.05, 0.1) is 17.2 Å². The summed E-state index contributed by atoms with van der Waals surface area (Å²) in [5.74, 6) is 0.289. The van der Waals surface area contributed by atoms with Crippen molar-refractivity contribution in [2.24, 2.45) is 11.8 Å². The summed E-state index contributed by atoms with van der Waals surface area (Å²) >= 11 is 0. The number of anilines is 1. The summed E-state index contributed by atoms with van der Waals surface area (Å²) in [5.41, 5.74) is 2.92. The first-order valence-electron chi connectivity index (χ1n) is 12.6. The van der Waals surface area contributed by atoms with Gasteiger partial charge in [0.15, 0.2) is 6.29 Å². The molecule has 1 aromatic carbocycles. The number of hydrogen-bond donors (Lipinski definition) is 3. The summed E-state index contributed by atoms with van der Waals surface area (Å²) in [6.45, 7) is 3.94. The van der Waals surface area contributed by atoms with Crippen molar-refractivity contribution in [2.45, 2.75) is 52.2 Å². The lowest BCUT2D eigenvalue weighted by molar-refractivity contribution is -0.0946. The van der Waals surface area contributed by atoms with E-state index < -0.39 is 16.3 Å². The van der Waals surface area contributed by atoms with Crippen LogP contribution in [-0.4, -0.2) is 55.7 Å². The first-order valence-corrected chi connectivity index (χ1v) is 14.4. The van der Waals surface area contributed by atoms with Gasteiger partial charge in [-0.05, 0) is 57.1 Å². The zero-order chi connectivity index (χ0) is 26.9. The van der Waals surface area contributed by atoms with Gasteiger partial charge >= 0.3 is 0 Å². The molecule has 0 bridgehead atoms. The number of benzene rings is 1. The Morgan fingerprint density at radius 3 is 2.54 bits per heavy atom. The summed E-state index contributed by atoms with van der Waals surface area (Å²) in [7, 11) is -2.12. The van der Waals surface area contributed by atoms with E-state index in [0.29, 0.717) is 35.1 Å². The Balaban J connectivity index is 1.70. The van der Waals surface area contributed by atoms with Crippen molar-refractivity contribution < 1.29 is 27.8 Å². The molecule has 1 fully saturated rings. The first kappa shape index (κ1) is 27.1. The average molecular weight is 530 g/mol. The molecule has 37 heavy (non-hydrogen) atoms. The Bertz CT molecular complexity index is 1380. The Labute approximate surface area is 217 Å². The third-order valence-corrected chi connectivity index (χ3v) is 8.44. The molecule has 0 aliphatic heterocycles. The van der Waals surface area contributed by atoms with Crippen molar-refractivity contribution in [3.8, 4) is 11.3 Å². The maximum atomic E-state index is 12.8. The predicted octanol–water partition coefficient (Wildman–Crippen LogP) is 3.74. The second kappa shape index (κ2) is 10.8. The van der Waals surface area contributed by atoms with E-state index in [9.17, 15) is 23.4 Å². The van der Waals surface area contributed by atoms with E-state index >= 15 is 0 Å². The molecule has 3 N–H and O–H groups in total. The summed E-state index contributed by atoms with van der Waals surface area (Å²) < 4.78 is 33.0. The van der Waals surface area contributed by atoms with Gasteiger partial charge in [-0.2, -0.15) is 4.98 Å². The van der Waals surface area contributed by atoms with Crippen LogP contribution >= 0.6 is 0 Å². The zero-order valence-corrected chi connectivity index (χ0v) is 22.5. The molecule has 4 rings (SSSR count). The van der Waals surface area contributed by atoms with Gasteiger partial charge in [-0.15, -0.1) is 0 Å². The number of nitrogens with one attached hydrogen (secondary N) is 1. The highest BCUT2D eigenvalue weighted by atomic mass is 32.2. The Morgan fingerprint density at radius 1 is 1.22 bits per heavy atom. The molecule has 1 aliphatic carbocycles. The van der Waals surface area contributed by atoms with Crippen molar-refractivity contribution in [1.29, 1.82) is 0 Å². The molecule has 2 unspecified atom stereocenters. The summed E-state index contributed by atoms with van der Waals surface area (Å²) in [4.78, 5) is 17.4. The van der Waals surface area contributed by atoms with E-state index in [1.54, 1.807) is 20.0 Å². The number of aliphatic hydroxyl groups excluding tert-OH is 1. The van der Waals surface area contributed by atoms with Crippen molar-refractivity contribution in [1.82, 2.24) is 10.3 Å². The van der Waals surface area contributed by atoms with Crippen LogP contribution < -0.4 is 9.62 Å². The number of rotatable bonds is 9. The molecule has 3 aromatic rings. The minimum atomic E-state index is -3.66. The third kappa shape index (κ3) is 5.66. The average Bonchev–Trinajstić information content (AvgIpc) is 3.45. The molecule has 0 saturated heterocycles. The minimum absolute atomic E-state index is 0.148. The highest BCUT2D eigenvalue weighted by Gasteiger charge is 2.32. The third-order valence-electron chi connectivity index (χ3n) is 7.29. The molecule has 10 heteroatoms. The quantitative estimate of drug-likeness (QED) is 0.360. The first-order chi connectivity index (χ1) is 17.5. The zero-order valence-electron chi connectivity index (χ0n) is 21.7. The van der Waals surface area contributed by atoms with Crippen LogP contribution in [0.4, 0.5) is 5.82 Å². The van der Waals surface area contributed by atoms with Crippen molar-refractivity contribution in [3.05, 3.63) is 47.0 Å². The largest absolute Gasteiger partial charge is 0.437 e. The number of fused-ring (bicyclic) bond motifs is 1. The molecule has 9 nitrogen and oxygen atoms in total. The number of hydrogen-bond acceptors (Lipinski definition) is 7. The van der Waals surface area contributed by atoms with Crippen LogP contribution in [0.25, 0.3) is 22.4 Å². The van der Waals surface area contributed by atoms with E-state index in [1.807, 2.05) is 31.2 Å². The van der Waals surface area contributed by atoms with Crippen LogP contribution in [0.3, 0.4) is 0 Å². The topological polar surface area (TPSA) is 133 Å². The van der Waals surface area contributed by atoms with Crippen LogP contribution in [0.2, 0.25) is 0 Å². The lowest BCUT2D eigenvalue weighted by atomic mass is 9.91. The number of carbonyl (C=O) groups excluding carboxylic acids is 1. The number of amides is 1. The maximum Gasteiger partial charge on any atom is 0.255 e. The molecular formula is C27H35N3O6S. The number of aryl methyl sites for hydroxylation is 2. The normalized spacial score (nSPS) is 18.0. The molecule has 1 saturated carbocycles. The van der Waals surface area contributed by atoms with Crippen molar-refractivity contribution in [3.63, 3.8) is 0 Å². The second-order valence-electron chi connectivity index (χ2n) is 9.98. The molecule has 2 atom stereocenters. The fourth-order valence-electron chi connectivity index (χ4n) is 5.37. The second-order valence-corrected chi connectivity index (χ2v) is 11.9. The monoisotopic (exact) mass is 529 g/mol. The Morgan fingerprint density at radius 2 is 1.92 bits per heavy atom. The van der Waals surface area contributed by atoms with Gasteiger partial charge in [0.2, 0.25) is 15.7 Å². The molecular weight excluding hydrogens is 494 g/mol. The van der Waals surface area contributed by atoms with Gasteiger partial charge in [0.25, 0.3) is 5.91 Å². The van der Waals surface area contributed by atoms with Crippen molar-refractivity contribution >= 4 is 32.8 Å². The molecule has 2 heterocycles. The molecule has 1 aliphatic rings. The number of pyridine rings is 1. The van der Waals surface area contributed by atoms with Gasteiger partial charge in [-0.1, -0.05) is 36.2 Å². The number of aromatic nitrogens is 1. The van der Waals surface area contributed by atoms with Crippen LogP contribution in [0, 0.1) is 25.7 Å². The Hall–Kier alpha value is -2.95. The molecule has 200 valence electrons.